The normalized spacial score (nSPS) is 21.5. The Morgan fingerprint density at radius 3 is 2.55 bits per heavy atom. The third-order valence-electron chi connectivity index (χ3n) is 3.52. The summed E-state index contributed by atoms with van der Waals surface area (Å²) in [4.78, 5) is 25.9. The summed E-state index contributed by atoms with van der Waals surface area (Å²) in [6.45, 7) is 5.40. The van der Waals surface area contributed by atoms with Crippen LogP contribution in [0.15, 0.2) is 24.3 Å². The summed E-state index contributed by atoms with van der Waals surface area (Å²) >= 11 is 5.96. The molecule has 0 radical (unpaired) electrons. The van der Waals surface area contributed by atoms with E-state index in [2.05, 4.69) is 5.32 Å². The van der Waals surface area contributed by atoms with E-state index in [0.717, 1.165) is 0 Å². The summed E-state index contributed by atoms with van der Waals surface area (Å²) in [5.41, 5.74) is 0.422. The molecule has 1 fully saturated rings. The number of ether oxygens (including phenoxy) is 1. The van der Waals surface area contributed by atoms with Gasteiger partial charge in [0.05, 0.1) is 22.8 Å². The van der Waals surface area contributed by atoms with Gasteiger partial charge in [-0.2, -0.15) is 0 Å². The van der Waals surface area contributed by atoms with E-state index in [1.807, 2.05) is 13.8 Å². The first-order valence-corrected chi connectivity index (χ1v) is 7.81. The van der Waals surface area contributed by atoms with Gasteiger partial charge in [-0.15, -0.1) is 0 Å². The average Bonchev–Trinajstić information content (AvgIpc) is 2.46. The second kappa shape index (κ2) is 7.61. The Hall–Kier alpha value is -1.59. The molecule has 6 heteroatoms. The molecule has 0 spiro atoms. The monoisotopic (exact) mass is 324 g/mol. The first-order chi connectivity index (χ1) is 10.5. The molecule has 1 heterocycles. The van der Waals surface area contributed by atoms with E-state index in [9.17, 15) is 9.59 Å². The number of morpholine rings is 1. The molecule has 1 aromatic carbocycles. The van der Waals surface area contributed by atoms with Gasteiger partial charge in [-0.05, 0) is 26.0 Å². The fraction of sp³-hybridized carbons (Fsp3) is 0.500. The minimum atomic E-state index is -0.262. The van der Waals surface area contributed by atoms with Crippen molar-refractivity contribution < 1.29 is 14.3 Å². The summed E-state index contributed by atoms with van der Waals surface area (Å²) in [5.74, 6) is -0.233. The van der Waals surface area contributed by atoms with E-state index in [1.54, 1.807) is 29.2 Å². The number of rotatable bonds is 4. The van der Waals surface area contributed by atoms with E-state index < -0.39 is 0 Å². The Morgan fingerprint density at radius 2 is 1.91 bits per heavy atom. The summed E-state index contributed by atoms with van der Waals surface area (Å²) in [7, 11) is 0. The Kier molecular flexibility index (Phi) is 5.80. The number of carbonyl (C=O) groups is 2. The maximum Gasteiger partial charge on any atom is 0.252 e. The van der Waals surface area contributed by atoms with Crippen molar-refractivity contribution in [3.8, 4) is 0 Å². The third kappa shape index (κ3) is 4.45. The number of carbonyl (C=O) groups excluding carboxylic acids is 2. The van der Waals surface area contributed by atoms with Crippen LogP contribution in [0.1, 0.15) is 30.6 Å². The Balaban J connectivity index is 1.80. The zero-order valence-electron chi connectivity index (χ0n) is 12.8. The molecule has 2 rings (SSSR count). The zero-order chi connectivity index (χ0) is 16.1. The lowest BCUT2D eigenvalue weighted by Crippen LogP contribution is -2.48. The number of nitrogens with zero attached hydrogens (tertiary/aromatic N) is 1. The van der Waals surface area contributed by atoms with Gasteiger partial charge < -0.3 is 15.0 Å². The molecule has 0 unspecified atom stereocenters. The smallest absolute Gasteiger partial charge is 0.252 e. The maximum atomic E-state index is 12.2. The molecule has 1 saturated heterocycles. The highest BCUT2D eigenvalue weighted by atomic mass is 35.5. The molecule has 1 aliphatic rings. The molecule has 5 nitrogen and oxygen atoms in total. The standard InChI is InChI=1S/C16H21ClN2O3/c1-11-9-19(10-12(2)22-11)15(20)7-8-18-16(21)13-5-3-4-6-14(13)17/h3-6,11-12H,7-10H2,1-2H3,(H,18,21)/t11-,12+. The SMILES string of the molecule is C[C@@H]1CN(C(=O)CCNC(=O)c2ccccc2Cl)C[C@H](C)O1. The van der Waals surface area contributed by atoms with Gasteiger partial charge in [0.2, 0.25) is 5.91 Å². The van der Waals surface area contributed by atoms with E-state index in [-0.39, 0.29) is 30.4 Å². The number of nitrogens with one attached hydrogen (secondary N) is 1. The molecule has 0 aromatic heterocycles. The van der Waals surface area contributed by atoms with Crippen LogP contribution in [0, 0.1) is 0 Å². The number of benzene rings is 1. The lowest BCUT2D eigenvalue weighted by Gasteiger charge is -2.35. The minimum Gasteiger partial charge on any atom is -0.372 e. The molecule has 0 saturated carbocycles. The third-order valence-corrected chi connectivity index (χ3v) is 3.84. The highest BCUT2D eigenvalue weighted by Crippen LogP contribution is 2.14. The summed E-state index contributed by atoms with van der Waals surface area (Å²) in [6, 6.07) is 6.84. The molecule has 1 N–H and O–H groups in total. The number of hydrogen-bond acceptors (Lipinski definition) is 3. The molecule has 1 aliphatic heterocycles. The van der Waals surface area contributed by atoms with Crippen LogP contribution < -0.4 is 5.32 Å². The highest BCUT2D eigenvalue weighted by Gasteiger charge is 2.25. The topological polar surface area (TPSA) is 58.6 Å². The predicted octanol–water partition coefficient (Wildman–Crippen LogP) is 2.10. The largest absolute Gasteiger partial charge is 0.372 e. The minimum absolute atomic E-state index is 0.0291. The second-order valence-corrected chi connectivity index (χ2v) is 5.95. The molecule has 2 amide bonds. The van der Waals surface area contributed by atoms with Crippen molar-refractivity contribution >= 4 is 23.4 Å². The predicted molar refractivity (Wildman–Crippen MR) is 85.0 cm³/mol. The molecule has 22 heavy (non-hydrogen) atoms. The molecule has 1 aromatic rings. The Morgan fingerprint density at radius 1 is 1.27 bits per heavy atom. The van der Waals surface area contributed by atoms with Crippen molar-refractivity contribution in [1.82, 2.24) is 10.2 Å². The van der Waals surface area contributed by atoms with Crippen molar-refractivity contribution in [3.05, 3.63) is 34.9 Å². The quantitative estimate of drug-likeness (QED) is 0.922. The van der Waals surface area contributed by atoms with Crippen LogP contribution in [0.5, 0.6) is 0 Å². The summed E-state index contributed by atoms with van der Waals surface area (Å²) in [6.07, 6.45) is 0.367. The molecular weight excluding hydrogens is 304 g/mol. The van der Waals surface area contributed by atoms with Gasteiger partial charge in [0.15, 0.2) is 0 Å². The van der Waals surface area contributed by atoms with Gasteiger partial charge in [0.25, 0.3) is 5.91 Å². The summed E-state index contributed by atoms with van der Waals surface area (Å²) in [5, 5.41) is 3.13. The van der Waals surface area contributed by atoms with Crippen LogP contribution in [0.3, 0.4) is 0 Å². The first kappa shape index (κ1) is 16.8. The Labute approximate surface area is 135 Å². The number of amides is 2. The van der Waals surface area contributed by atoms with Crippen molar-refractivity contribution in [2.24, 2.45) is 0 Å². The summed E-state index contributed by atoms with van der Waals surface area (Å²) < 4.78 is 5.60. The van der Waals surface area contributed by atoms with Crippen molar-refractivity contribution in [2.75, 3.05) is 19.6 Å². The lowest BCUT2D eigenvalue weighted by atomic mass is 10.2. The van der Waals surface area contributed by atoms with Crippen LogP contribution in [-0.2, 0) is 9.53 Å². The molecule has 0 bridgehead atoms. The fourth-order valence-electron chi connectivity index (χ4n) is 2.56. The molecular formula is C16H21ClN2O3. The van der Waals surface area contributed by atoms with Crippen molar-refractivity contribution in [1.29, 1.82) is 0 Å². The first-order valence-electron chi connectivity index (χ1n) is 7.43. The van der Waals surface area contributed by atoms with Crippen LogP contribution in [0.2, 0.25) is 5.02 Å². The second-order valence-electron chi connectivity index (χ2n) is 5.54. The maximum absolute atomic E-state index is 12.2. The van der Waals surface area contributed by atoms with Gasteiger partial charge in [0, 0.05) is 26.1 Å². The van der Waals surface area contributed by atoms with Crippen LogP contribution in [-0.4, -0.2) is 48.6 Å². The Bertz CT molecular complexity index is 540. The highest BCUT2D eigenvalue weighted by molar-refractivity contribution is 6.33. The van der Waals surface area contributed by atoms with Crippen molar-refractivity contribution in [3.63, 3.8) is 0 Å². The fourth-order valence-corrected chi connectivity index (χ4v) is 2.78. The van der Waals surface area contributed by atoms with E-state index in [0.29, 0.717) is 30.2 Å². The number of halogens is 1. The van der Waals surface area contributed by atoms with E-state index in [1.165, 1.54) is 0 Å². The van der Waals surface area contributed by atoms with Gasteiger partial charge >= 0.3 is 0 Å². The lowest BCUT2D eigenvalue weighted by molar-refractivity contribution is -0.143. The van der Waals surface area contributed by atoms with E-state index in [4.69, 9.17) is 16.3 Å². The molecule has 0 aliphatic carbocycles. The van der Waals surface area contributed by atoms with Crippen molar-refractivity contribution in [2.45, 2.75) is 32.5 Å². The average molecular weight is 325 g/mol. The van der Waals surface area contributed by atoms with Crippen LogP contribution in [0.25, 0.3) is 0 Å². The van der Waals surface area contributed by atoms with Gasteiger partial charge in [0.1, 0.15) is 0 Å². The van der Waals surface area contributed by atoms with E-state index >= 15 is 0 Å². The van der Waals surface area contributed by atoms with Gasteiger partial charge in [-0.1, -0.05) is 23.7 Å². The van der Waals surface area contributed by atoms with Crippen LogP contribution >= 0.6 is 11.6 Å². The molecule has 2 atom stereocenters. The van der Waals surface area contributed by atoms with Gasteiger partial charge in [-0.25, -0.2) is 0 Å². The van der Waals surface area contributed by atoms with Crippen LogP contribution in [0.4, 0.5) is 0 Å². The van der Waals surface area contributed by atoms with Gasteiger partial charge in [-0.3, -0.25) is 9.59 Å². The zero-order valence-corrected chi connectivity index (χ0v) is 13.6. The molecule has 120 valence electrons. The number of hydrogen-bond donors (Lipinski definition) is 1.